The van der Waals surface area contributed by atoms with Crippen LogP contribution in [0.4, 0.5) is 0 Å². The van der Waals surface area contributed by atoms with E-state index in [2.05, 4.69) is 10.5 Å². The van der Waals surface area contributed by atoms with Gasteiger partial charge in [-0.2, -0.15) is 5.10 Å². The zero-order chi connectivity index (χ0) is 15.5. The van der Waals surface area contributed by atoms with Crippen LogP contribution in [-0.2, 0) is 0 Å². The van der Waals surface area contributed by atoms with Gasteiger partial charge >= 0.3 is 0 Å². The monoisotopic (exact) mass is 316 g/mol. The standard InChI is InChI=1S/C17H17ClN2O2/c1-21-16-8-5-12(9-17(16)22-2)15-10-14(19-20-15)11-3-6-13(18)7-4-11/h3-9,15,20H,10H2,1-2H3. The van der Waals surface area contributed by atoms with Crippen LogP contribution in [0.3, 0.4) is 0 Å². The van der Waals surface area contributed by atoms with Gasteiger partial charge in [-0.15, -0.1) is 0 Å². The van der Waals surface area contributed by atoms with E-state index in [4.69, 9.17) is 21.1 Å². The molecule has 0 fully saturated rings. The summed E-state index contributed by atoms with van der Waals surface area (Å²) in [6, 6.07) is 13.8. The summed E-state index contributed by atoms with van der Waals surface area (Å²) in [5, 5.41) is 5.17. The third-order valence-corrected chi connectivity index (χ3v) is 3.99. The molecular formula is C17H17ClN2O2. The highest BCUT2D eigenvalue weighted by Gasteiger charge is 2.22. The Bertz CT molecular complexity index is 698. The second-order valence-corrected chi connectivity index (χ2v) is 5.50. The van der Waals surface area contributed by atoms with Gasteiger partial charge in [-0.05, 0) is 35.4 Å². The average molecular weight is 317 g/mol. The van der Waals surface area contributed by atoms with Gasteiger partial charge < -0.3 is 14.9 Å². The summed E-state index contributed by atoms with van der Waals surface area (Å²) in [6.07, 6.45) is 0.817. The molecule has 1 aliphatic rings. The van der Waals surface area contributed by atoms with E-state index in [1.165, 1.54) is 0 Å². The Kier molecular flexibility index (Phi) is 4.20. The largest absolute Gasteiger partial charge is 0.493 e. The van der Waals surface area contributed by atoms with E-state index in [0.29, 0.717) is 0 Å². The van der Waals surface area contributed by atoms with Crippen LogP contribution in [0, 0.1) is 0 Å². The molecule has 0 amide bonds. The number of ether oxygens (including phenoxy) is 2. The topological polar surface area (TPSA) is 42.8 Å². The summed E-state index contributed by atoms with van der Waals surface area (Å²) in [5.74, 6) is 1.45. The molecule has 114 valence electrons. The predicted molar refractivity (Wildman–Crippen MR) is 88.0 cm³/mol. The second kappa shape index (κ2) is 6.28. The Morgan fingerprint density at radius 1 is 1.05 bits per heavy atom. The van der Waals surface area contributed by atoms with Crippen LogP contribution in [-0.4, -0.2) is 19.9 Å². The normalized spacial score (nSPS) is 16.9. The second-order valence-electron chi connectivity index (χ2n) is 5.07. The zero-order valence-corrected chi connectivity index (χ0v) is 13.2. The lowest BCUT2D eigenvalue weighted by atomic mass is 9.99. The van der Waals surface area contributed by atoms with Crippen LogP contribution in [0.25, 0.3) is 0 Å². The van der Waals surface area contributed by atoms with Crippen molar-refractivity contribution in [3.8, 4) is 11.5 Å². The summed E-state index contributed by atoms with van der Waals surface area (Å²) in [7, 11) is 3.27. The third-order valence-electron chi connectivity index (χ3n) is 3.74. The molecule has 0 aromatic heterocycles. The molecule has 0 saturated heterocycles. The van der Waals surface area contributed by atoms with Gasteiger partial charge in [0.2, 0.25) is 0 Å². The Labute approximate surface area is 134 Å². The van der Waals surface area contributed by atoms with Crippen LogP contribution in [0.1, 0.15) is 23.6 Å². The number of nitrogens with one attached hydrogen (secondary N) is 1. The highest BCUT2D eigenvalue weighted by atomic mass is 35.5. The van der Waals surface area contributed by atoms with Gasteiger partial charge in [0.1, 0.15) is 0 Å². The Morgan fingerprint density at radius 2 is 1.77 bits per heavy atom. The van der Waals surface area contributed by atoms with E-state index in [-0.39, 0.29) is 6.04 Å². The average Bonchev–Trinajstić information content (AvgIpc) is 3.05. The van der Waals surface area contributed by atoms with Crippen LogP contribution in [0.15, 0.2) is 47.6 Å². The Balaban J connectivity index is 1.78. The lowest BCUT2D eigenvalue weighted by Gasteiger charge is -2.14. The number of nitrogens with zero attached hydrogens (tertiary/aromatic N) is 1. The maximum absolute atomic E-state index is 5.92. The van der Waals surface area contributed by atoms with Gasteiger partial charge in [0, 0.05) is 11.4 Å². The smallest absolute Gasteiger partial charge is 0.161 e. The Morgan fingerprint density at radius 3 is 2.45 bits per heavy atom. The molecule has 2 aromatic rings. The summed E-state index contributed by atoms with van der Waals surface area (Å²) in [4.78, 5) is 0. The van der Waals surface area contributed by atoms with Gasteiger partial charge in [0.25, 0.3) is 0 Å². The van der Waals surface area contributed by atoms with E-state index >= 15 is 0 Å². The highest BCUT2D eigenvalue weighted by Crippen LogP contribution is 2.32. The molecule has 0 spiro atoms. The number of halogens is 1. The number of hydrogen-bond donors (Lipinski definition) is 1. The molecule has 1 aliphatic heterocycles. The van der Waals surface area contributed by atoms with Gasteiger partial charge in [-0.3, -0.25) is 0 Å². The SMILES string of the molecule is COc1ccc(C2CC(c3ccc(Cl)cc3)=NN2)cc1OC. The minimum atomic E-state index is 0.130. The fourth-order valence-electron chi connectivity index (χ4n) is 2.53. The molecule has 0 saturated carbocycles. The van der Waals surface area contributed by atoms with Gasteiger partial charge in [-0.25, -0.2) is 0 Å². The zero-order valence-electron chi connectivity index (χ0n) is 12.5. The predicted octanol–water partition coefficient (Wildman–Crippen LogP) is 3.80. The lowest BCUT2D eigenvalue weighted by molar-refractivity contribution is 0.354. The first-order valence-corrected chi connectivity index (χ1v) is 7.39. The van der Waals surface area contributed by atoms with Crippen molar-refractivity contribution in [2.75, 3.05) is 14.2 Å². The summed E-state index contributed by atoms with van der Waals surface area (Å²) >= 11 is 5.92. The molecule has 4 nitrogen and oxygen atoms in total. The van der Waals surface area contributed by atoms with Crippen molar-refractivity contribution in [3.63, 3.8) is 0 Å². The minimum absolute atomic E-state index is 0.130. The highest BCUT2D eigenvalue weighted by molar-refractivity contribution is 6.30. The van der Waals surface area contributed by atoms with Crippen LogP contribution < -0.4 is 14.9 Å². The third kappa shape index (κ3) is 2.88. The van der Waals surface area contributed by atoms with E-state index in [9.17, 15) is 0 Å². The van der Waals surface area contributed by atoms with Crippen molar-refractivity contribution in [2.24, 2.45) is 5.10 Å². The van der Waals surface area contributed by atoms with Crippen molar-refractivity contribution in [1.29, 1.82) is 0 Å². The molecule has 3 rings (SSSR count). The van der Waals surface area contributed by atoms with Crippen molar-refractivity contribution in [1.82, 2.24) is 5.43 Å². The van der Waals surface area contributed by atoms with Crippen LogP contribution in [0.5, 0.6) is 11.5 Å². The molecule has 0 radical (unpaired) electrons. The lowest BCUT2D eigenvalue weighted by Crippen LogP contribution is -2.10. The summed E-state index contributed by atoms with van der Waals surface area (Å²) < 4.78 is 10.6. The van der Waals surface area contributed by atoms with Crippen molar-refractivity contribution in [2.45, 2.75) is 12.5 Å². The first kappa shape index (κ1) is 14.7. The maximum Gasteiger partial charge on any atom is 0.161 e. The molecule has 1 atom stereocenters. The first-order chi connectivity index (χ1) is 10.7. The quantitative estimate of drug-likeness (QED) is 0.933. The van der Waals surface area contributed by atoms with Crippen molar-refractivity contribution in [3.05, 3.63) is 58.6 Å². The van der Waals surface area contributed by atoms with Gasteiger partial charge in [0.15, 0.2) is 11.5 Å². The van der Waals surface area contributed by atoms with Crippen molar-refractivity contribution < 1.29 is 9.47 Å². The molecule has 1 N–H and O–H groups in total. The number of rotatable bonds is 4. The molecule has 0 aliphatic carbocycles. The van der Waals surface area contributed by atoms with Crippen molar-refractivity contribution >= 4 is 17.3 Å². The number of methoxy groups -OCH3 is 2. The van der Waals surface area contributed by atoms with E-state index in [1.54, 1.807) is 14.2 Å². The fourth-order valence-corrected chi connectivity index (χ4v) is 2.65. The Hall–Kier alpha value is -2.20. The molecular weight excluding hydrogens is 300 g/mol. The van der Waals surface area contributed by atoms with Crippen LogP contribution in [0.2, 0.25) is 5.02 Å². The number of hydrogen-bond acceptors (Lipinski definition) is 4. The molecule has 5 heteroatoms. The summed E-state index contributed by atoms with van der Waals surface area (Å²) in [6.45, 7) is 0. The maximum atomic E-state index is 5.92. The molecule has 22 heavy (non-hydrogen) atoms. The molecule has 2 aromatic carbocycles. The molecule has 0 bridgehead atoms. The van der Waals surface area contributed by atoms with Crippen LogP contribution >= 0.6 is 11.6 Å². The summed E-state index contributed by atoms with van der Waals surface area (Å²) in [5.41, 5.74) is 6.41. The fraction of sp³-hybridized carbons (Fsp3) is 0.235. The molecule has 1 heterocycles. The minimum Gasteiger partial charge on any atom is -0.493 e. The van der Waals surface area contributed by atoms with E-state index < -0.39 is 0 Å². The van der Waals surface area contributed by atoms with E-state index in [1.807, 2.05) is 42.5 Å². The first-order valence-electron chi connectivity index (χ1n) is 7.01. The van der Waals surface area contributed by atoms with E-state index in [0.717, 1.165) is 39.8 Å². The molecule has 1 unspecified atom stereocenters. The van der Waals surface area contributed by atoms with Gasteiger partial charge in [-0.1, -0.05) is 29.8 Å². The number of hydrazone groups is 1. The number of benzene rings is 2. The van der Waals surface area contributed by atoms with Gasteiger partial charge in [0.05, 0.1) is 26.0 Å².